The number of nitrogens with zero attached hydrogens (tertiary/aromatic N) is 1. The van der Waals surface area contributed by atoms with E-state index >= 15 is 0 Å². The molecular formula is C5H4Cl2N2. The van der Waals surface area contributed by atoms with Gasteiger partial charge in [0.15, 0.2) is 0 Å². The van der Waals surface area contributed by atoms with Crippen LogP contribution in [0.1, 0.15) is 0 Å². The van der Waals surface area contributed by atoms with E-state index in [2.05, 4.69) is 17.3 Å². The minimum atomic E-state index is -0.355. The normalized spacial score (nSPS) is 10.2. The molecule has 0 amide bonds. The van der Waals surface area contributed by atoms with Crippen LogP contribution in [-0.2, 0) is 0 Å². The second-order valence-corrected chi connectivity index (χ2v) is 1.82. The molecule has 48 valence electrons. The molecule has 0 heterocycles. The summed E-state index contributed by atoms with van der Waals surface area (Å²) in [5.74, 6) is 0. The van der Waals surface area contributed by atoms with Gasteiger partial charge >= 0.3 is 0 Å². The fourth-order valence-corrected chi connectivity index (χ4v) is 0.506. The highest BCUT2D eigenvalue weighted by atomic mass is 35.5. The molecule has 0 aliphatic carbocycles. The monoisotopic (exact) mass is 162 g/mol. The first-order valence-corrected chi connectivity index (χ1v) is 2.76. The Morgan fingerprint density at radius 1 is 1.67 bits per heavy atom. The van der Waals surface area contributed by atoms with Crippen LogP contribution in [-0.4, -0.2) is 10.5 Å². The quantitative estimate of drug-likeness (QED) is 0.266. The second-order valence-electron chi connectivity index (χ2n) is 1.07. The number of hydrogen-bond acceptors (Lipinski definition) is 1. The molecule has 0 bridgehead atoms. The topological polar surface area (TPSA) is 36.2 Å². The molecule has 0 unspecified atom stereocenters. The van der Waals surface area contributed by atoms with Crippen LogP contribution < -0.4 is 0 Å². The minimum Gasteiger partial charge on any atom is -0.272 e. The molecule has 0 fully saturated rings. The molecule has 0 saturated heterocycles. The Hall–Kier alpha value is -0.560. The Labute approximate surface area is 63.0 Å². The summed E-state index contributed by atoms with van der Waals surface area (Å²) in [5, 5.41) is 6.38. The van der Waals surface area contributed by atoms with Gasteiger partial charge in [0.2, 0.25) is 5.29 Å². The smallest absolute Gasteiger partial charge is 0.216 e. The first-order chi connectivity index (χ1) is 4.16. The van der Waals surface area contributed by atoms with Crippen molar-refractivity contribution >= 4 is 33.7 Å². The van der Waals surface area contributed by atoms with Crippen LogP contribution in [0.15, 0.2) is 23.4 Å². The number of hydrogen-bond donors (Lipinski definition) is 1. The van der Waals surface area contributed by atoms with E-state index in [0.717, 1.165) is 0 Å². The highest BCUT2D eigenvalue weighted by Gasteiger charge is 1.86. The van der Waals surface area contributed by atoms with Crippen molar-refractivity contribution < 1.29 is 0 Å². The molecule has 1 N–H and O–H groups in total. The lowest BCUT2D eigenvalue weighted by Crippen LogP contribution is -1.83. The Morgan fingerprint density at radius 2 is 2.22 bits per heavy atom. The SMILES string of the molecule is C=C=CC(Cl)=NC(=N)Cl. The van der Waals surface area contributed by atoms with Crippen LogP contribution in [0.25, 0.3) is 0 Å². The van der Waals surface area contributed by atoms with Gasteiger partial charge < -0.3 is 0 Å². The zero-order valence-corrected chi connectivity index (χ0v) is 6.00. The van der Waals surface area contributed by atoms with E-state index in [1.807, 2.05) is 0 Å². The van der Waals surface area contributed by atoms with Crippen molar-refractivity contribution in [2.75, 3.05) is 0 Å². The Kier molecular flexibility index (Phi) is 4.06. The Balaban J connectivity index is 4.16. The van der Waals surface area contributed by atoms with E-state index in [0.29, 0.717) is 0 Å². The van der Waals surface area contributed by atoms with E-state index in [1.54, 1.807) is 0 Å². The third kappa shape index (κ3) is 5.31. The number of halogens is 2. The summed E-state index contributed by atoms with van der Waals surface area (Å²) in [6, 6.07) is 0. The fourth-order valence-electron chi connectivity index (χ4n) is 0.210. The predicted octanol–water partition coefficient (Wildman–Crippen LogP) is 2.14. The van der Waals surface area contributed by atoms with Gasteiger partial charge in [-0.05, 0) is 11.6 Å². The molecule has 0 rings (SSSR count). The van der Waals surface area contributed by atoms with Gasteiger partial charge in [0.1, 0.15) is 5.17 Å². The summed E-state index contributed by atoms with van der Waals surface area (Å²) in [6.07, 6.45) is 1.32. The predicted molar refractivity (Wildman–Crippen MR) is 40.6 cm³/mol. The Morgan fingerprint density at radius 3 is 2.56 bits per heavy atom. The summed E-state index contributed by atoms with van der Waals surface area (Å²) in [6.45, 7) is 3.25. The molecule has 9 heavy (non-hydrogen) atoms. The van der Waals surface area contributed by atoms with Gasteiger partial charge in [-0.3, -0.25) is 5.41 Å². The maximum absolute atomic E-state index is 6.63. The van der Waals surface area contributed by atoms with Crippen molar-refractivity contribution in [3.8, 4) is 0 Å². The summed E-state index contributed by atoms with van der Waals surface area (Å²) in [5.41, 5.74) is 2.38. The molecule has 0 aromatic carbocycles. The lowest BCUT2D eigenvalue weighted by atomic mass is 10.6. The van der Waals surface area contributed by atoms with E-state index in [4.69, 9.17) is 28.6 Å². The molecule has 0 aromatic rings. The van der Waals surface area contributed by atoms with Gasteiger partial charge in [-0.1, -0.05) is 18.2 Å². The number of allylic oxidation sites excluding steroid dienone is 1. The number of rotatable bonds is 1. The van der Waals surface area contributed by atoms with Gasteiger partial charge in [0.05, 0.1) is 0 Å². The highest BCUT2D eigenvalue weighted by molar-refractivity contribution is 6.72. The summed E-state index contributed by atoms with van der Waals surface area (Å²) in [7, 11) is 0. The molecule has 0 aliphatic heterocycles. The van der Waals surface area contributed by atoms with E-state index in [1.165, 1.54) is 6.08 Å². The van der Waals surface area contributed by atoms with Crippen LogP contribution >= 0.6 is 23.2 Å². The Bertz CT molecular complexity index is 189. The fraction of sp³-hybridized carbons (Fsp3) is 0. The zero-order chi connectivity index (χ0) is 7.28. The van der Waals surface area contributed by atoms with E-state index in [-0.39, 0.29) is 10.5 Å². The third-order valence-corrected chi connectivity index (χ3v) is 0.704. The molecule has 0 aromatic heterocycles. The molecule has 0 spiro atoms. The summed E-state index contributed by atoms with van der Waals surface area (Å²) in [4.78, 5) is 3.34. The van der Waals surface area contributed by atoms with Gasteiger partial charge in [-0.25, -0.2) is 4.99 Å². The van der Waals surface area contributed by atoms with Crippen LogP contribution in [0.5, 0.6) is 0 Å². The molecule has 0 aliphatic rings. The third-order valence-electron chi connectivity index (χ3n) is 0.426. The van der Waals surface area contributed by atoms with Crippen molar-refractivity contribution in [1.82, 2.24) is 0 Å². The molecule has 0 saturated carbocycles. The van der Waals surface area contributed by atoms with Crippen LogP contribution in [0.2, 0.25) is 0 Å². The van der Waals surface area contributed by atoms with E-state index in [9.17, 15) is 0 Å². The molecule has 4 heteroatoms. The van der Waals surface area contributed by atoms with Gasteiger partial charge in [0, 0.05) is 6.08 Å². The van der Waals surface area contributed by atoms with Gasteiger partial charge in [-0.15, -0.1) is 5.73 Å². The standard InChI is InChI=1S/C5H4Cl2N2/c1-2-3-4(6)9-5(7)8/h3,8H,1H2. The van der Waals surface area contributed by atoms with Crippen molar-refractivity contribution in [1.29, 1.82) is 5.41 Å². The number of aliphatic imine (C=N–C) groups is 1. The van der Waals surface area contributed by atoms with Gasteiger partial charge in [-0.2, -0.15) is 0 Å². The highest BCUT2D eigenvalue weighted by Crippen LogP contribution is 1.90. The maximum Gasteiger partial charge on any atom is 0.216 e. The number of nitrogens with one attached hydrogen (secondary N) is 1. The zero-order valence-electron chi connectivity index (χ0n) is 4.49. The van der Waals surface area contributed by atoms with Crippen molar-refractivity contribution in [2.45, 2.75) is 0 Å². The van der Waals surface area contributed by atoms with Gasteiger partial charge in [0.25, 0.3) is 0 Å². The summed E-state index contributed by atoms with van der Waals surface area (Å²) < 4.78 is 0. The average molecular weight is 163 g/mol. The van der Waals surface area contributed by atoms with E-state index < -0.39 is 0 Å². The number of amidine groups is 1. The van der Waals surface area contributed by atoms with Crippen LogP contribution in [0.4, 0.5) is 0 Å². The van der Waals surface area contributed by atoms with Crippen molar-refractivity contribution in [3.63, 3.8) is 0 Å². The lowest BCUT2D eigenvalue weighted by Gasteiger charge is -1.81. The minimum absolute atomic E-state index is 0.102. The molecular weight excluding hydrogens is 159 g/mol. The average Bonchev–Trinajstić information content (AvgIpc) is 1.63. The first-order valence-electron chi connectivity index (χ1n) is 2.01. The second kappa shape index (κ2) is 4.33. The molecule has 2 nitrogen and oxygen atoms in total. The first kappa shape index (κ1) is 8.44. The lowest BCUT2D eigenvalue weighted by molar-refractivity contribution is 1.50. The van der Waals surface area contributed by atoms with Crippen molar-refractivity contribution in [2.24, 2.45) is 4.99 Å². The van der Waals surface area contributed by atoms with Crippen molar-refractivity contribution in [3.05, 3.63) is 18.4 Å². The van der Waals surface area contributed by atoms with Crippen LogP contribution in [0.3, 0.4) is 0 Å². The van der Waals surface area contributed by atoms with Crippen LogP contribution in [0, 0.1) is 5.41 Å². The molecule has 0 atom stereocenters. The maximum atomic E-state index is 6.63. The molecule has 0 radical (unpaired) electrons. The largest absolute Gasteiger partial charge is 0.272 e. The summed E-state index contributed by atoms with van der Waals surface area (Å²) >= 11 is 10.4.